The predicted octanol–water partition coefficient (Wildman–Crippen LogP) is 1.51. The number of hydrogen-bond acceptors (Lipinski definition) is 1. The predicted molar refractivity (Wildman–Crippen MR) is 53.0 cm³/mol. The number of amidine groups is 1. The third-order valence-corrected chi connectivity index (χ3v) is 2.07. The minimum absolute atomic E-state index is 0.203. The third-order valence-electron chi connectivity index (χ3n) is 1.65. The molecule has 0 bridgehead atoms. The first-order chi connectivity index (χ1) is 6.15. The number of carbonyl (C=O) groups is 1. The molecule has 3 nitrogen and oxygen atoms in total. The SMILES string of the molecule is Cc1cc(C(N)=NC=O)ccc1Cl. The summed E-state index contributed by atoms with van der Waals surface area (Å²) in [5.74, 6) is 0.203. The number of amides is 1. The van der Waals surface area contributed by atoms with Crippen LogP contribution in [0.15, 0.2) is 23.2 Å². The standard InChI is InChI=1S/C9H9ClN2O/c1-6-4-7(2-3-8(6)10)9(11)12-5-13/h2-5H,1H3,(H2,11,12,13). The van der Waals surface area contributed by atoms with E-state index in [4.69, 9.17) is 17.3 Å². The molecule has 0 saturated carbocycles. The second-order valence-corrected chi connectivity index (χ2v) is 2.99. The van der Waals surface area contributed by atoms with Crippen LogP contribution >= 0.6 is 11.6 Å². The normalized spacial score (nSPS) is 11.4. The summed E-state index contributed by atoms with van der Waals surface area (Å²) in [5.41, 5.74) is 7.11. The number of benzene rings is 1. The maximum atomic E-state index is 10.0. The van der Waals surface area contributed by atoms with Gasteiger partial charge in [-0.25, -0.2) is 0 Å². The van der Waals surface area contributed by atoms with Gasteiger partial charge in [0, 0.05) is 10.6 Å². The van der Waals surface area contributed by atoms with Crippen molar-refractivity contribution in [1.29, 1.82) is 0 Å². The van der Waals surface area contributed by atoms with Crippen LogP contribution in [0.5, 0.6) is 0 Å². The van der Waals surface area contributed by atoms with Gasteiger partial charge in [-0.15, -0.1) is 0 Å². The monoisotopic (exact) mass is 196 g/mol. The van der Waals surface area contributed by atoms with Crippen molar-refractivity contribution in [1.82, 2.24) is 0 Å². The molecule has 0 radical (unpaired) electrons. The van der Waals surface area contributed by atoms with E-state index in [1.807, 2.05) is 6.92 Å². The molecule has 1 aromatic rings. The lowest BCUT2D eigenvalue weighted by Crippen LogP contribution is -2.13. The van der Waals surface area contributed by atoms with Gasteiger partial charge in [-0.3, -0.25) is 4.79 Å². The van der Waals surface area contributed by atoms with E-state index in [0.29, 0.717) is 17.0 Å². The van der Waals surface area contributed by atoms with Gasteiger partial charge in [-0.2, -0.15) is 4.99 Å². The average molecular weight is 197 g/mol. The Morgan fingerprint density at radius 3 is 2.85 bits per heavy atom. The van der Waals surface area contributed by atoms with Crippen molar-refractivity contribution < 1.29 is 4.79 Å². The molecule has 1 aromatic carbocycles. The van der Waals surface area contributed by atoms with Crippen LogP contribution in [-0.4, -0.2) is 12.2 Å². The van der Waals surface area contributed by atoms with Gasteiger partial charge < -0.3 is 5.73 Å². The van der Waals surface area contributed by atoms with Crippen LogP contribution in [0.2, 0.25) is 5.02 Å². The van der Waals surface area contributed by atoms with Crippen LogP contribution in [-0.2, 0) is 4.79 Å². The van der Waals surface area contributed by atoms with Gasteiger partial charge in [-0.05, 0) is 30.7 Å². The smallest absolute Gasteiger partial charge is 0.234 e. The second-order valence-electron chi connectivity index (χ2n) is 2.58. The Bertz CT molecular complexity index is 361. The van der Waals surface area contributed by atoms with Gasteiger partial charge in [0.2, 0.25) is 6.41 Å². The summed E-state index contributed by atoms with van der Waals surface area (Å²) >= 11 is 5.81. The molecular weight excluding hydrogens is 188 g/mol. The lowest BCUT2D eigenvalue weighted by Gasteiger charge is -2.01. The lowest BCUT2D eigenvalue weighted by molar-refractivity contribution is -0.106. The Kier molecular flexibility index (Phi) is 3.03. The Labute approximate surface area is 81.2 Å². The highest BCUT2D eigenvalue weighted by Crippen LogP contribution is 2.15. The van der Waals surface area contributed by atoms with Crippen molar-refractivity contribution in [2.75, 3.05) is 0 Å². The second kappa shape index (κ2) is 4.05. The maximum absolute atomic E-state index is 10.0. The molecule has 0 aliphatic carbocycles. The zero-order valence-electron chi connectivity index (χ0n) is 7.12. The van der Waals surface area contributed by atoms with Crippen LogP contribution in [0, 0.1) is 6.92 Å². The summed E-state index contributed by atoms with van der Waals surface area (Å²) in [4.78, 5) is 13.5. The lowest BCUT2D eigenvalue weighted by atomic mass is 10.1. The zero-order chi connectivity index (χ0) is 9.84. The first-order valence-corrected chi connectivity index (χ1v) is 4.06. The first-order valence-electron chi connectivity index (χ1n) is 3.68. The number of hydrogen-bond donors (Lipinski definition) is 1. The van der Waals surface area contributed by atoms with Gasteiger partial charge in [0.25, 0.3) is 0 Å². The van der Waals surface area contributed by atoms with Gasteiger partial charge in [0.1, 0.15) is 5.84 Å². The molecule has 4 heteroatoms. The minimum Gasteiger partial charge on any atom is -0.383 e. The van der Waals surface area contributed by atoms with Crippen molar-refractivity contribution in [2.24, 2.45) is 10.7 Å². The van der Waals surface area contributed by atoms with Crippen molar-refractivity contribution in [3.63, 3.8) is 0 Å². The highest BCUT2D eigenvalue weighted by molar-refractivity contribution is 6.31. The molecular formula is C9H9ClN2O. The Morgan fingerprint density at radius 2 is 2.31 bits per heavy atom. The van der Waals surface area contributed by atoms with E-state index in [0.717, 1.165) is 5.56 Å². The quantitative estimate of drug-likeness (QED) is 0.443. The van der Waals surface area contributed by atoms with E-state index in [9.17, 15) is 4.79 Å². The number of aryl methyl sites for hydroxylation is 1. The maximum Gasteiger partial charge on any atom is 0.234 e. The van der Waals surface area contributed by atoms with E-state index in [1.165, 1.54) is 0 Å². The molecule has 13 heavy (non-hydrogen) atoms. The summed E-state index contributed by atoms with van der Waals surface area (Å²) in [5, 5.41) is 0.669. The Hall–Kier alpha value is -1.35. The van der Waals surface area contributed by atoms with Crippen LogP contribution in [0.25, 0.3) is 0 Å². The van der Waals surface area contributed by atoms with E-state index in [1.54, 1.807) is 18.2 Å². The van der Waals surface area contributed by atoms with Crippen molar-refractivity contribution in [3.8, 4) is 0 Å². The average Bonchev–Trinajstić information content (AvgIpc) is 2.10. The molecule has 0 heterocycles. The molecule has 0 aliphatic heterocycles. The number of nitrogens with two attached hydrogens (primary N) is 1. The number of rotatable bonds is 2. The van der Waals surface area contributed by atoms with Gasteiger partial charge in [0.05, 0.1) is 0 Å². The fourth-order valence-electron chi connectivity index (χ4n) is 0.935. The summed E-state index contributed by atoms with van der Waals surface area (Å²) < 4.78 is 0. The first kappa shape index (κ1) is 9.74. The van der Waals surface area contributed by atoms with Crippen molar-refractivity contribution >= 4 is 23.8 Å². The number of carbonyl (C=O) groups excluding carboxylic acids is 1. The molecule has 0 unspecified atom stereocenters. The molecule has 0 spiro atoms. The van der Waals surface area contributed by atoms with Crippen LogP contribution in [0.4, 0.5) is 0 Å². The van der Waals surface area contributed by atoms with E-state index in [-0.39, 0.29) is 5.84 Å². The van der Waals surface area contributed by atoms with Crippen LogP contribution in [0.3, 0.4) is 0 Å². The minimum atomic E-state index is 0.203. The Morgan fingerprint density at radius 1 is 1.62 bits per heavy atom. The molecule has 1 amide bonds. The van der Waals surface area contributed by atoms with E-state index < -0.39 is 0 Å². The molecule has 2 N–H and O–H groups in total. The zero-order valence-corrected chi connectivity index (χ0v) is 7.88. The molecule has 0 saturated heterocycles. The van der Waals surface area contributed by atoms with Crippen LogP contribution in [0.1, 0.15) is 11.1 Å². The highest BCUT2D eigenvalue weighted by atomic mass is 35.5. The third kappa shape index (κ3) is 2.29. The van der Waals surface area contributed by atoms with Crippen molar-refractivity contribution in [3.05, 3.63) is 34.3 Å². The Balaban J connectivity index is 3.10. The van der Waals surface area contributed by atoms with Crippen molar-refractivity contribution in [2.45, 2.75) is 6.92 Å². The number of nitrogens with zero attached hydrogens (tertiary/aromatic N) is 1. The number of aliphatic imine (C=N–C) groups is 1. The fourth-order valence-corrected chi connectivity index (χ4v) is 1.05. The molecule has 1 rings (SSSR count). The van der Waals surface area contributed by atoms with Gasteiger partial charge in [0.15, 0.2) is 0 Å². The summed E-state index contributed by atoms with van der Waals surface area (Å²) in [7, 11) is 0. The molecule has 68 valence electrons. The molecule has 0 aliphatic rings. The highest BCUT2D eigenvalue weighted by Gasteiger charge is 2.00. The largest absolute Gasteiger partial charge is 0.383 e. The summed E-state index contributed by atoms with van der Waals surface area (Å²) in [6.45, 7) is 1.86. The van der Waals surface area contributed by atoms with Crippen LogP contribution < -0.4 is 5.73 Å². The summed E-state index contributed by atoms with van der Waals surface area (Å²) in [6, 6.07) is 5.22. The molecule has 0 atom stereocenters. The van der Waals surface area contributed by atoms with E-state index >= 15 is 0 Å². The van der Waals surface area contributed by atoms with E-state index in [2.05, 4.69) is 4.99 Å². The fraction of sp³-hybridized carbons (Fsp3) is 0.111. The number of halogens is 1. The summed E-state index contributed by atoms with van der Waals surface area (Å²) in [6.07, 6.45) is 0.416. The topological polar surface area (TPSA) is 55.4 Å². The van der Waals surface area contributed by atoms with Gasteiger partial charge in [-0.1, -0.05) is 11.6 Å². The van der Waals surface area contributed by atoms with Gasteiger partial charge >= 0.3 is 0 Å². The molecule has 0 aromatic heterocycles. The molecule has 0 fully saturated rings.